The molecule has 0 bridgehead atoms. The van der Waals surface area contributed by atoms with Crippen molar-refractivity contribution >= 4 is 18.3 Å². The van der Waals surface area contributed by atoms with Gasteiger partial charge in [-0.2, -0.15) is 0 Å². The number of carbonyl (C=O) groups is 1. The van der Waals surface area contributed by atoms with Gasteiger partial charge in [0.05, 0.1) is 13.2 Å². The minimum atomic E-state index is 0. The van der Waals surface area contributed by atoms with E-state index in [9.17, 15) is 4.79 Å². The van der Waals surface area contributed by atoms with Crippen LogP contribution in [0, 0.1) is 17.8 Å². The van der Waals surface area contributed by atoms with Crippen LogP contribution in [0.2, 0.25) is 0 Å². The fourth-order valence-electron chi connectivity index (χ4n) is 3.61. The first kappa shape index (κ1) is 18.7. The number of ether oxygens (including phenoxy) is 1. The monoisotopic (exact) mass is 318 g/mol. The van der Waals surface area contributed by atoms with Gasteiger partial charge in [0.15, 0.2) is 0 Å². The second-order valence-corrected chi connectivity index (χ2v) is 6.93. The van der Waals surface area contributed by atoms with Crippen molar-refractivity contribution in [2.24, 2.45) is 17.8 Å². The van der Waals surface area contributed by atoms with Gasteiger partial charge < -0.3 is 15.4 Å². The van der Waals surface area contributed by atoms with Gasteiger partial charge >= 0.3 is 0 Å². The van der Waals surface area contributed by atoms with Crippen molar-refractivity contribution < 1.29 is 9.53 Å². The van der Waals surface area contributed by atoms with E-state index in [1.54, 1.807) is 0 Å². The van der Waals surface area contributed by atoms with Crippen molar-refractivity contribution in [1.29, 1.82) is 0 Å². The molecular weight excluding hydrogens is 288 g/mol. The number of halogens is 1. The van der Waals surface area contributed by atoms with Gasteiger partial charge in [-0.1, -0.05) is 27.2 Å². The Balaban J connectivity index is 0.00000220. The van der Waals surface area contributed by atoms with Crippen LogP contribution in [-0.4, -0.2) is 37.7 Å². The third-order valence-corrected chi connectivity index (χ3v) is 4.80. The first-order valence-corrected chi connectivity index (χ1v) is 8.16. The van der Waals surface area contributed by atoms with E-state index < -0.39 is 0 Å². The van der Waals surface area contributed by atoms with E-state index in [0.29, 0.717) is 30.9 Å². The van der Waals surface area contributed by atoms with Crippen molar-refractivity contribution in [1.82, 2.24) is 10.6 Å². The number of amides is 1. The molecule has 4 nitrogen and oxygen atoms in total. The molecule has 0 aromatic rings. The molecule has 4 atom stereocenters. The zero-order valence-corrected chi connectivity index (χ0v) is 14.4. The summed E-state index contributed by atoms with van der Waals surface area (Å²) in [6.07, 6.45) is 4.21. The summed E-state index contributed by atoms with van der Waals surface area (Å²) < 4.78 is 5.41. The average Bonchev–Trinajstić information content (AvgIpc) is 2.39. The van der Waals surface area contributed by atoms with Crippen LogP contribution in [0.5, 0.6) is 0 Å². The van der Waals surface area contributed by atoms with Crippen molar-refractivity contribution in [3.63, 3.8) is 0 Å². The lowest BCUT2D eigenvalue weighted by molar-refractivity contribution is -0.123. The topological polar surface area (TPSA) is 50.4 Å². The highest BCUT2D eigenvalue weighted by Crippen LogP contribution is 2.33. The number of hydrogen-bond acceptors (Lipinski definition) is 3. The lowest BCUT2D eigenvalue weighted by atomic mass is 9.74. The third kappa shape index (κ3) is 5.76. The Morgan fingerprint density at radius 1 is 1.38 bits per heavy atom. The van der Waals surface area contributed by atoms with Crippen LogP contribution < -0.4 is 10.6 Å². The summed E-state index contributed by atoms with van der Waals surface area (Å²) in [6, 6.07) is 0.540. The molecule has 1 saturated heterocycles. The molecule has 4 unspecified atom stereocenters. The van der Waals surface area contributed by atoms with Crippen LogP contribution in [0.4, 0.5) is 0 Å². The van der Waals surface area contributed by atoms with E-state index in [4.69, 9.17) is 4.74 Å². The zero-order valence-electron chi connectivity index (χ0n) is 13.6. The SMILES string of the molecule is CC1CCC(C(C)C)C(NC(=O)CC2COCCN2)C1.Cl. The summed E-state index contributed by atoms with van der Waals surface area (Å²) in [5.41, 5.74) is 0. The lowest BCUT2D eigenvalue weighted by Gasteiger charge is -2.38. The predicted molar refractivity (Wildman–Crippen MR) is 87.7 cm³/mol. The molecule has 124 valence electrons. The summed E-state index contributed by atoms with van der Waals surface area (Å²) >= 11 is 0. The Morgan fingerprint density at radius 2 is 2.14 bits per heavy atom. The average molecular weight is 319 g/mol. The third-order valence-electron chi connectivity index (χ3n) is 4.80. The number of carbonyl (C=O) groups excluding carboxylic acids is 1. The van der Waals surface area contributed by atoms with Crippen LogP contribution in [0.25, 0.3) is 0 Å². The Bertz CT molecular complexity index is 319. The molecule has 21 heavy (non-hydrogen) atoms. The van der Waals surface area contributed by atoms with Gasteiger partial charge in [0.25, 0.3) is 0 Å². The zero-order chi connectivity index (χ0) is 14.5. The Kier molecular flexibility index (Phi) is 7.99. The number of rotatable bonds is 4. The Morgan fingerprint density at radius 3 is 2.76 bits per heavy atom. The van der Waals surface area contributed by atoms with Crippen LogP contribution in [0.15, 0.2) is 0 Å². The molecule has 2 aliphatic rings. The van der Waals surface area contributed by atoms with Gasteiger partial charge in [-0.15, -0.1) is 12.4 Å². The lowest BCUT2D eigenvalue weighted by Crippen LogP contribution is -2.49. The van der Waals surface area contributed by atoms with Crippen molar-refractivity contribution in [2.45, 2.75) is 58.5 Å². The van der Waals surface area contributed by atoms with Crippen molar-refractivity contribution in [3.05, 3.63) is 0 Å². The molecule has 1 aliphatic carbocycles. The Labute approximate surface area is 135 Å². The standard InChI is InChI=1S/C16H30N2O2.ClH/c1-11(2)14-5-4-12(3)8-15(14)18-16(19)9-13-10-20-7-6-17-13;/h11-15,17H,4-10H2,1-3H3,(H,18,19);1H. The van der Waals surface area contributed by atoms with E-state index in [-0.39, 0.29) is 24.4 Å². The number of nitrogens with one attached hydrogen (secondary N) is 2. The molecule has 1 saturated carbocycles. The van der Waals surface area contributed by atoms with Crippen LogP contribution in [0.3, 0.4) is 0 Å². The minimum absolute atomic E-state index is 0. The fourth-order valence-corrected chi connectivity index (χ4v) is 3.61. The largest absolute Gasteiger partial charge is 0.378 e. The molecular formula is C16H31ClN2O2. The molecule has 0 radical (unpaired) electrons. The number of morpholine rings is 1. The summed E-state index contributed by atoms with van der Waals surface area (Å²) in [4.78, 5) is 12.2. The van der Waals surface area contributed by atoms with E-state index in [2.05, 4.69) is 31.4 Å². The molecule has 1 heterocycles. The first-order valence-electron chi connectivity index (χ1n) is 8.16. The van der Waals surface area contributed by atoms with Crippen molar-refractivity contribution in [3.8, 4) is 0 Å². The molecule has 2 N–H and O–H groups in total. The predicted octanol–water partition coefficient (Wildman–Crippen LogP) is 2.36. The van der Waals surface area contributed by atoms with Gasteiger partial charge in [0.1, 0.15) is 0 Å². The molecule has 2 rings (SSSR count). The molecule has 2 fully saturated rings. The molecule has 0 aromatic heterocycles. The quantitative estimate of drug-likeness (QED) is 0.836. The smallest absolute Gasteiger partial charge is 0.221 e. The van der Waals surface area contributed by atoms with Gasteiger partial charge in [0.2, 0.25) is 5.91 Å². The maximum Gasteiger partial charge on any atom is 0.221 e. The maximum absolute atomic E-state index is 12.2. The fraction of sp³-hybridized carbons (Fsp3) is 0.938. The summed E-state index contributed by atoms with van der Waals surface area (Å²) in [5, 5.41) is 6.64. The normalized spacial score (nSPS) is 33.3. The second kappa shape index (κ2) is 8.96. The van der Waals surface area contributed by atoms with E-state index >= 15 is 0 Å². The highest BCUT2D eigenvalue weighted by atomic mass is 35.5. The van der Waals surface area contributed by atoms with Gasteiger partial charge in [0, 0.05) is 25.0 Å². The van der Waals surface area contributed by atoms with Crippen LogP contribution in [-0.2, 0) is 9.53 Å². The van der Waals surface area contributed by atoms with Crippen molar-refractivity contribution in [2.75, 3.05) is 19.8 Å². The van der Waals surface area contributed by atoms with E-state index in [0.717, 1.165) is 25.5 Å². The highest BCUT2D eigenvalue weighted by molar-refractivity contribution is 5.85. The van der Waals surface area contributed by atoms with Gasteiger partial charge in [-0.25, -0.2) is 0 Å². The minimum Gasteiger partial charge on any atom is -0.378 e. The van der Waals surface area contributed by atoms with E-state index in [1.165, 1.54) is 12.8 Å². The van der Waals surface area contributed by atoms with Gasteiger partial charge in [-0.05, 0) is 30.6 Å². The van der Waals surface area contributed by atoms with Crippen LogP contribution >= 0.6 is 12.4 Å². The number of hydrogen-bond donors (Lipinski definition) is 2. The first-order chi connectivity index (χ1) is 9.56. The highest BCUT2D eigenvalue weighted by Gasteiger charge is 2.32. The van der Waals surface area contributed by atoms with Gasteiger partial charge in [-0.3, -0.25) is 4.79 Å². The van der Waals surface area contributed by atoms with Crippen LogP contribution in [0.1, 0.15) is 46.5 Å². The molecule has 1 aliphatic heterocycles. The molecule has 0 aromatic carbocycles. The second-order valence-electron chi connectivity index (χ2n) is 6.93. The summed E-state index contributed by atoms with van der Waals surface area (Å²) in [6.45, 7) is 9.11. The maximum atomic E-state index is 12.2. The summed E-state index contributed by atoms with van der Waals surface area (Å²) in [7, 11) is 0. The molecule has 5 heteroatoms. The summed E-state index contributed by atoms with van der Waals surface area (Å²) in [5.74, 6) is 2.18. The van der Waals surface area contributed by atoms with E-state index in [1.807, 2.05) is 0 Å². The molecule has 0 spiro atoms. The Hall–Kier alpha value is -0.320. The molecule has 1 amide bonds.